The molecule has 2 heterocycles. The van der Waals surface area contributed by atoms with E-state index >= 15 is 0 Å². The van der Waals surface area contributed by atoms with Crippen LogP contribution >= 0.6 is 23.2 Å². The van der Waals surface area contributed by atoms with Crippen molar-refractivity contribution in [2.75, 3.05) is 31.6 Å². The minimum Gasteiger partial charge on any atom is -0.378 e. The highest BCUT2D eigenvalue weighted by molar-refractivity contribution is 6.42. The highest BCUT2D eigenvalue weighted by Crippen LogP contribution is 2.26. The monoisotopic (exact) mass is 352 g/mol. The van der Waals surface area contributed by atoms with E-state index in [4.69, 9.17) is 27.9 Å². The Morgan fingerprint density at radius 2 is 1.83 bits per heavy atom. The molecule has 0 unspecified atom stereocenters. The number of anilines is 2. The number of aromatic nitrogens is 2. The highest BCUT2D eigenvalue weighted by atomic mass is 35.5. The lowest BCUT2D eigenvalue weighted by Gasteiger charge is -2.26. The topological polar surface area (TPSA) is 67.4 Å². The number of ether oxygens (including phenoxy) is 1. The molecule has 0 aliphatic carbocycles. The molecule has 1 amide bonds. The van der Waals surface area contributed by atoms with Crippen molar-refractivity contribution in [3.8, 4) is 0 Å². The fourth-order valence-electron chi connectivity index (χ4n) is 2.16. The molecule has 0 bridgehead atoms. The minimum atomic E-state index is -0.0885. The molecule has 1 aromatic heterocycles. The number of carbonyl (C=O) groups excluding carboxylic acids is 1. The summed E-state index contributed by atoms with van der Waals surface area (Å²) in [4.78, 5) is 22.3. The average molecular weight is 353 g/mol. The van der Waals surface area contributed by atoms with Gasteiger partial charge in [0.1, 0.15) is 0 Å². The van der Waals surface area contributed by atoms with E-state index in [9.17, 15) is 4.79 Å². The first kappa shape index (κ1) is 16.0. The smallest absolute Gasteiger partial charge is 0.257 e. The van der Waals surface area contributed by atoms with Gasteiger partial charge in [0.25, 0.3) is 5.91 Å². The Bertz CT molecular complexity index is 703. The second kappa shape index (κ2) is 7.12. The minimum absolute atomic E-state index is 0.0885. The van der Waals surface area contributed by atoms with E-state index in [0.29, 0.717) is 53.5 Å². The number of morpholine rings is 1. The number of benzene rings is 1. The molecule has 1 aliphatic rings. The lowest BCUT2D eigenvalue weighted by molar-refractivity contribution is 0.0302. The van der Waals surface area contributed by atoms with Gasteiger partial charge in [-0.2, -0.15) is 0 Å². The molecule has 1 aromatic carbocycles. The van der Waals surface area contributed by atoms with E-state index < -0.39 is 0 Å². The fourth-order valence-corrected chi connectivity index (χ4v) is 2.45. The molecule has 2 aromatic rings. The zero-order valence-electron chi connectivity index (χ0n) is 12.1. The van der Waals surface area contributed by atoms with Gasteiger partial charge < -0.3 is 15.0 Å². The van der Waals surface area contributed by atoms with E-state index in [0.717, 1.165) is 0 Å². The van der Waals surface area contributed by atoms with Gasteiger partial charge >= 0.3 is 0 Å². The van der Waals surface area contributed by atoms with Crippen molar-refractivity contribution < 1.29 is 9.53 Å². The summed E-state index contributed by atoms with van der Waals surface area (Å²) < 4.78 is 5.23. The first-order valence-electron chi connectivity index (χ1n) is 7.04. The molecule has 1 N–H and O–H groups in total. The third-order valence-corrected chi connectivity index (χ3v) is 4.11. The standard InChI is InChI=1S/C15H14Cl2N4O2/c16-12-2-1-11(7-13(12)17)20-15-18-8-10(9-19-15)14(22)21-3-5-23-6-4-21/h1-2,7-9H,3-6H2,(H,18,19,20). The summed E-state index contributed by atoms with van der Waals surface area (Å²) in [6.45, 7) is 2.29. The lowest BCUT2D eigenvalue weighted by Crippen LogP contribution is -2.40. The predicted octanol–water partition coefficient (Wildman–Crippen LogP) is 3.00. The van der Waals surface area contributed by atoms with Crippen LogP contribution in [0.4, 0.5) is 11.6 Å². The van der Waals surface area contributed by atoms with Crippen molar-refractivity contribution in [2.24, 2.45) is 0 Å². The molecule has 120 valence electrons. The number of rotatable bonds is 3. The molecular formula is C15H14Cl2N4O2. The summed E-state index contributed by atoms with van der Waals surface area (Å²) in [6, 6.07) is 5.13. The zero-order chi connectivity index (χ0) is 16.2. The Labute approximate surface area is 143 Å². The van der Waals surface area contributed by atoms with E-state index in [-0.39, 0.29) is 5.91 Å². The van der Waals surface area contributed by atoms with Gasteiger partial charge in [0.2, 0.25) is 5.95 Å². The molecule has 0 spiro atoms. The van der Waals surface area contributed by atoms with E-state index in [1.165, 1.54) is 12.4 Å². The van der Waals surface area contributed by atoms with E-state index in [1.54, 1.807) is 23.1 Å². The van der Waals surface area contributed by atoms with Crippen molar-refractivity contribution in [2.45, 2.75) is 0 Å². The predicted molar refractivity (Wildman–Crippen MR) is 88.5 cm³/mol. The van der Waals surface area contributed by atoms with Crippen LogP contribution in [0.25, 0.3) is 0 Å². The number of hydrogen-bond acceptors (Lipinski definition) is 5. The van der Waals surface area contributed by atoms with Gasteiger partial charge in [-0.15, -0.1) is 0 Å². The second-order valence-electron chi connectivity index (χ2n) is 4.95. The molecule has 23 heavy (non-hydrogen) atoms. The second-order valence-corrected chi connectivity index (χ2v) is 5.77. The maximum absolute atomic E-state index is 12.3. The molecular weight excluding hydrogens is 339 g/mol. The molecule has 0 saturated carbocycles. The number of hydrogen-bond donors (Lipinski definition) is 1. The lowest BCUT2D eigenvalue weighted by atomic mass is 10.3. The number of amides is 1. The summed E-state index contributed by atoms with van der Waals surface area (Å²) in [6.07, 6.45) is 3.01. The van der Waals surface area contributed by atoms with E-state index in [2.05, 4.69) is 15.3 Å². The third kappa shape index (κ3) is 3.90. The molecule has 1 saturated heterocycles. The van der Waals surface area contributed by atoms with Crippen molar-refractivity contribution in [1.29, 1.82) is 0 Å². The van der Waals surface area contributed by atoms with Gasteiger partial charge in [-0.3, -0.25) is 4.79 Å². The van der Waals surface area contributed by atoms with Crippen LogP contribution in [0.3, 0.4) is 0 Å². The van der Waals surface area contributed by atoms with Crippen LogP contribution in [-0.4, -0.2) is 47.1 Å². The first-order chi connectivity index (χ1) is 11.1. The van der Waals surface area contributed by atoms with Crippen molar-refractivity contribution in [3.63, 3.8) is 0 Å². The van der Waals surface area contributed by atoms with Crippen LogP contribution < -0.4 is 5.32 Å². The number of carbonyl (C=O) groups is 1. The molecule has 1 aliphatic heterocycles. The Kier molecular flexibility index (Phi) is 4.95. The summed E-state index contributed by atoms with van der Waals surface area (Å²) in [5.74, 6) is 0.288. The third-order valence-electron chi connectivity index (χ3n) is 3.37. The van der Waals surface area contributed by atoms with Gasteiger partial charge in [0.15, 0.2) is 0 Å². The van der Waals surface area contributed by atoms with Gasteiger partial charge in [0.05, 0.1) is 28.8 Å². The van der Waals surface area contributed by atoms with Crippen LogP contribution in [0, 0.1) is 0 Å². The van der Waals surface area contributed by atoms with Crippen molar-refractivity contribution >= 4 is 40.7 Å². The van der Waals surface area contributed by atoms with Crippen LogP contribution in [-0.2, 0) is 4.74 Å². The molecule has 0 radical (unpaired) electrons. The average Bonchev–Trinajstić information content (AvgIpc) is 2.59. The van der Waals surface area contributed by atoms with Crippen molar-refractivity contribution in [1.82, 2.24) is 14.9 Å². The first-order valence-corrected chi connectivity index (χ1v) is 7.80. The normalized spacial score (nSPS) is 14.6. The highest BCUT2D eigenvalue weighted by Gasteiger charge is 2.19. The zero-order valence-corrected chi connectivity index (χ0v) is 13.6. The molecule has 1 fully saturated rings. The van der Waals surface area contributed by atoms with Crippen LogP contribution in [0.2, 0.25) is 10.0 Å². The van der Waals surface area contributed by atoms with Crippen LogP contribution in [0.15, 0.2) is 30.6 Å². The number of halogens is 2. The Morgan fingerprint density at radius 3 is 2.48 bits per heavy atom. The van der Waals surface area contributed by atoms with Crippen LogP contribution in [0.5, 0.6) is 0 Å². The van der Waals surface area contributed by atoms with Gasteiger partial charge in [-0.1, -0.05) is 23.2 Å². The van der Waals surface area contributed by atoms with Gasteiger partial charge in [-0.25, -0.2) is 9.97 Å². The SMILES string of the molecule is O=C(c1cnc(Nc2ccc(Cl)c(Cl)c2)nc1)N1CCOCC1. The van der Waals surface area contributed by atoms with Gasteiger partial charge in [-0.05, 0) is 18.2 Å². The number of nitrogens with zero attached hydrogens (tertiary/aromatic N) is 3. The summed E-state index contributed by atoms with van der Waals surface area (Å²) in [7, 11) is 0. The quantitative estimate of drug-likeness (QED) is 0.919. The fraction of sp³-hybridized carbons (Fsp3) is 0.267. The largest absolute Gasteiger partial charge is 0.378 e. The molecule has 0 atom stereocenters. The Morgan fingerprint density at radius 1 is 1.13 bits per heavy atom. The Balaban J connectivity index is 1.68. The molecule has 8 heteroatoms. The maximum Gasteiger partial charge on any atom is 0.257 e. The molecule has 3 rings (SSSR count). The van der Waals surface area contributed by atoms with E-state index in [1.807, 2.05) is 0 Å². The van der Waals surface area contributed by atoms with Gasteiger partial charge in [0, 0.05) is 31.2 Å². The summed E-state index contributed by atoms with van der Waals surface area (Å²) >= 11 is 11.8. The summed E-state index contributed by atoms with van der Waals surface area (Å²) in [5.41, 5.74) is 1.17. The number of nitrogens with one attached hydrogen (secondary N) is 1. The van der Waals surface area contributed by atoms with Crippen molar-refractivity contribution in [3.05, 3.63) is 46.2 Å². The summed E-state index contributed by atoms with van der Waals surface area (Å²) in [5, 5.41) is 3.92. The van der Waals surface area contributed by atoms with Crippen LogP contribution in [0.1, 0.15) is 10.4 Å². The Hall–Kier alpha value is -1.89. The maximum atomic E-state index is 12.3. The molecule has 6 nitrogen and oxygen atoms in total.